The second-order valence-electron chi connectivity index (χ2n) is 7.52. The number of amides is 4. The van der Waals surface area contributed by atoms with E-state index in [0.717, 1.165) is 6.92 Å². The Bertz CT molecular complexity index is 1200. The third-order valence-electron chi connectivity index (χ3n) is 5.00. The van der Waals surface area contributed by atoms with Crippen LogP contribution in [-0.4, -0.2) is 52.1 Å². The van der Waals surface area contributed by atoms with Gasteiger partial charge < -0.3 is 25.0 Å². The highest BCUT2D eigenvalue weighted by Gasteiger charge is 2.32. The van der Waals surface area contributed by atoms with Crippen molar-refractivity contribution in [1.29, 1.82) is 0 Å². The molecule has 1 fully saturated rings. The van der Waals surface area contributed by atoms with Gasteiger partial charge in [-0.05, 0) is 36.4 Å². The molecule has 2 aromatic rings. The van der Waals surface area contributed by atoms with Crippen molar-refractivity contribution in [2.24, 2.45) is 0 Å². The molecule has 11 nitrogen and oxygen atoms in total. The first-order valence-corrected chi connectivity index (χ1v) is 11.6. The van der Waals surface area contributed by atoms with E-state index in [0.29, 0.717) is 42.6 Å². The van der Waals surface area contributed by atoms with E-state index in [2.05, 4.69) is 10.6 Å². The number of sulfonamides is 1. The Morgan fingerprint density at radius 3 is 2.42 bits per heavy atom. The van der Waals surface area contributed by atoms with Crippen molar-refractivity contribution in [3.63, 3.8) is 0 Å². The molecule has 0 radical (unpaired) electrons. The molecule has 174 valence electrons. The molecule has 0 aliphatic carbocycles. The smallest absolute Gasteiger partial charge is 0.319 e. The molecule has 0 aromatic heterocycles. The van der Waals surface area contributed by atoms with Gasteiger partial charge in [0.25, 0.3) is 10.0 Å². The Labute approximate surface area is 190 Å². The van der Waals surface area contributed by atoms with Gasteiger partial charge in [0.2, 0.25) is 11.8 Å². The van der Waals surface area contributed by atoms with E-state index in [1.54, 1.807) is 23.1 Å². The van der Waals surface area contributed by atoms with E-state index in [1.807, 2.05) is 4.72 Å². The minimum atomic E-state index is -3.96. The molecule has 4 rings (SSSR count). The summed E-state index contributed by atoms with van der Waals surface area (Å²) >= 11 is 0. The molecule has 0 bridgehead atoms. The fraction of sp³-hybridized carbons (Fsp3) is 0.286. The van der Waals surface area contributed by atoms with Gasteiger partial charge in [-0.3, -0.25) is 9.59 Å². The molecule has 0 unspecified atom stereocenters. The van der Waals surface area contributed by atoms with Gasteiger partial charge in [0.05, 0.1) is 10.9 Å². The number of nitrogens with one attached hydrogen (secondary N) is 3. The van der Waals surface area contributed by atoms with Gasteiger partial charge in [0, 0.05) is 37.3 Å². The van der Waals surface area contributed by atoms with E-state index in [-0.39, 0.29) is 17.2 Å². The summed E-state index contributed by atoms with van der Waals surface area (Å²) in [6.45, 7) is 2.30. The molecule has 33 heavy (non-hydrogen) atoms. The number of fused-ring (bicyclic) bond motifs is 1. The highest BCUT2D eigenvalue weighted by molar-refractivity contribution is 7.90. The minimum Gasteiger partial charge on any atom is -0.486 e. The Morgan fingerprint density at radius 2 is 1.73 bits per heavy atom. The van der Waals surface area contributed by atoms with Gasteiger partial charge >= 0.3 is 6.03 Å². The van der Waals surface area contributed by atoms with E-state index < -0.39 is 28.0 Å². The molecule has 2 aliphatic heterocycles. The SMILES string of the molecule is CC(=O)NS(=O)(=O)c1ccc(NC(=O)N[C@H]2CC(=O)N(c3ccc4c(c3)OCCO4)C2)cc1. The van der Waals surface area contributed by atoms with E-state index in [4.69, 9.17) is 9.47 Å². The molecular formula is C21H22N4O7S. The van der Waals surface area contributed by atoms with Crippen molar-refractivity contribution in [1.82, 2.24) is 10.0 Å². The number of rotatable bonds is 5. The molecule has 12 heteroatoms. The van der Waals surface area contributed by atoms with Crippen molar-refractivity contribution < 1.29 is 32.3 Å². The lowest BCUT2D eigenvalue weighted by atomic mass is 10.2. The zero-order chi connectivity index (χ0) is 23.6. The third kappa shape index (κ3) is 5.17. The van der Waals surface area contributed by atoms with Crippen LogP contribution in [0.25, 0.3) is 0 Å². The Hall–Kier alpha value is -3.80. The first-order valence-electron chi connectivity index (χ1n) is 10.1. The molecule has 2 aliphatic rings. The predicted molar refractivity (Wildman–Crippen MR) is 118 cm³/mol. The Balaban J connectivity index is 1.35. The van der Waals surface area contributed by atoms with Gasteiger partial charge in [-0.1, -0.05) is 0 Å². The number of hydrogen-bond acceptors (Lipinski definition) is 7. The van der Waals surface area contributed by atoms with Crippen LogP contribution in [0.5, 0.6) is 11.5 Å². The third-order valence-corrected chi connectivity index (χ3v) is 6.45. The Kier molecular flexibility index (Phi) is 6.09. The van der Waals surface area contributed by atoms with Crippen molar-refractivity contribution in [3.05, 3.63) is 42.5 Å². The number of ether oxygens (including phenoxy) is 2. The lowest BCUT2D eigenvalue weighted by Gasteiger charge is -2.22. The number of carbonyl (C=O) groups is 3. The molecule has 1 atom stereocenters. The molecule has 3 N–H and O–H groups in total. The number of anilines is 2. The molecule has 4 amide bonds. The van der Waals surface area contributed by atoms with Crippen molar-refractivity contribution in [2.45, 2.75) is 24.3 Å². The van der Waals surface area contributed by atoms with Crippen LogP contribution in [-0.2, 0) is 19.6 Å². The summed E-state index contributed by atoms with van der Waals surface area (Å²) in [5.74, 6) is 0.365. The quantitative estimate of drug-likeness (QED) is 0.591. The summed E-state index contributed by atoms with van der Waals surface area (Å²) in [7, 11) is -3.96. The van der Waals surface area contributed by atoms with Crippen LogP contribution < -0.4 is 29.7 Å². The summed E-state index contributed by atoms with van der Waals surface area (Å²) in [5, 5.41) is 5.35. The zero-order valence-electron chi connectivity index (χ0n) is 17.7. The van der Waals surface area contributed by atoms with Crippen molar-refractivity contribution in [2.75, 3.05) is 30.0 Å². The summed E-state index contributed by atoms with van der Waals surface area (Å²) in [6, 6.07) is 9.65. The number of carbonyl (C=O) groups excluding carboxylic acids is 3. The van der Waals surface area contributed by atoms with Crippen LogP contribution in [0.1, 0.15) is 13.3 Å². The van der Waals surface area contributed by atoms with Crippen LogP contribution in [0.3, 0.4) is 0 Å². The maximum atomic E-state index is 12.5. The number of urea groups is 1. The average molecular weight is 474 g/mol. The topological polar surface area (TPSA) is 143 Å². The van der Waals surface area contributed by atoms with Gasteiger partial charge in [-0.25, -0.2) is 17.9 Å². The molecule has 2 aromatic carbocycles. The second-order valence-corrected chi connectivity index (χ2v) is 9.20. The highest BCUT2D eigenvalue weighted by atomic mass is 32.2. The Morgan fingerprint density at radius 1 is 1.03 bits per heavy atom. The molecule has 0 spiro atoms. The summed E-state index contributed by atoms with van der Waals surface area (Å²) in [4.78, 5) is 37.3. The van der Waals surface area contributed by atoms with E-state index in [9.17, 15) is 22.8 Å². The van der Waals surface area contributed by atoms with Gasteiger partial charge in [-0.15, -0.1) is 0 Å². The normalized spacial score (nSPS) is 17.4. The monoisotopic (exact) mass is 474 g/mol. The number of nitrogens with zero attached hydrogens (tertiary/aromatic N) is 1. The second kappa shape index (κ2) is 8.98. The lowest BCUT2D eigenvalue weighted by Crippen LogP contribution is -2.39. The fourth-order valence-electron chi connectivity index (χ4n) is 3.57. The van der Waals surface area contributed by atoms with Crippen molar-refractivity contribution in [3.8, 4) is 11.5 Å². The largest absolute Gasteiger partial charge is 0.486 e. The van der Waals surface area contributed by atoms with Gasteiger partial charge in [0.1, 0.15) is 13.2 Å². The average Bonchev–Trinajstić information content (AvgIpc) is 3.12. The fourth-order valence-corrected chi connectivity index (χ4v) is 4.56. The molecule has 0 saturated carbocycles. The van der Waals surface area contributed by atoms with Gasteiger partial charge in [-0.2, -0.15) is 0 Å². The summed E-state index contributed by atoms with van der Waals surface area (Å²) in [5.41, 5.74) is 1.01. The van der Waals surface area contributed by atoms with Crippen molar-refractivity contribution >= 4 is 39.2 Å². The minimum absolute atomic E-state index is 0.111. The van der Waals surface area contributed by atoms with Crippen LogP contribution in [0, 0.1) is 0 Å². The van der Waals surface area contributed by atoms with Crippen LogP contribution >= 0.6 is 0 Å². The maximum absolute atomic E-state index is 12.5. The maximum Gasteiger partial charge on any atom is 0.319 e. The summed E-state index contributed by atoms with van der Waals surface area (Å²) < 4.78 is 36.9. The zero-order valence-corrected chi connectivity index (χ0v) is 18.5. The molecule has 1 saturated heterocycles. The first kappa shape index (κ1) is 22.4. The summed E-state index contributed by atoms with van der Waals surface area (Å²) in [6.07, 6.45) is 0.135. The first-order chi connectivity index (χ1) is 15.7. The predicted octanol–water partition coefficient (Wildman–Crippen LogP) is 1.21. The van der Waals surface area contributed by atoms with Crippen LogP contribution in [0.4, 0.5) is 16.2 Å². The van der Waals surface area contributed by atoms with Crippen LogP contribution in [0.15, 0.2) is 47.4 Å². The van der Waals surface area contributed by atoms with Crippen LogP contribution in [0.2, 0.25) is 0 Å². The highest BCUT2D eigenvalue weighted by Crippen LogP contribution is 2.35. The standard InChI is InChI=1S/C21H22N4O7S/c1-13(26)24-33(29,30)17-5-2-14(3-6-17)22-21(28)23-15-10-20(27)25(12-15)16-4-7-18-19(11-16)32-9-8-31-18/h2-7,11,15H,8-10,12H2,1H3,(H,24,26)(H2,22,23,28)/t15-/m0/s1. The number of benzene rings is 2. The molecule has 2 heterocycles. The van der Waals surface area contributed by atoms with Gasteiger partial charge in [0.15, 0.2) is 11.5 Å². The van der Waals surface area contributed by atoms with E-state index >= 15 is 0 Å². The molecular weight excluding hydrogens is 452 g/mol. The lowest BCUT2D eigenvalue weighted by molar-refractivity contribution is -0.118. The number of hydrogen-bond donors (Lipinski definition) is 3. The van der Waals surface area contributed by atoms with E-state index in [1.165, 1.54) is 24.3 Å².